The SMILES string of the molecule is CC[C@H](C)[C@H](NC(=O)CNC(=O)COc1ccc2ccc(=O)oc2c1)C(=O)[O-]. The molecule has 1 aromatic carbocycles. The number of nitrogens with one attached hydrogen (secondary N) is 2. The number of carboxylic acid groups (broad SMARTS) is 1. The normalized spacial score (nSPS) is 12.8. The van der Waals surface area contributed by atoms with Gasteiger partial charge in [-0.15, -0.1) is 0 Å². The summed E-state index contributed by atoms with van der Waals surface area (Å²) < 4.78 is 10.3. The molecule has 9 nitrogen and oxygen atoms in total. The predicted molar refractivity (Wildman–Crippen MR) is 97.4 cm³/mol. The molecule has 1 heterocycles. The first-order valence-corrected chi connectivity index (χ1v) is 8.73. The van der Waals surface area contributed by atoms with Gasteiger partial charge in [-0.05, 0) is 24.1 Å². The topological polar surface area (TPSA) is 138 Å². The lowest BCUT2D eigenvalue weighted by Crippen LogP contribution is -2.53. The fourth-order valence-corrected chi connectivity index (χ4v) is 2.40. The molecular formula is C19H21N2O7-. The molecule has 0 bridgehead atoms. The molecule has 0 saturated carbocycles. The smallest absolute Gasteiger partial charge is 0.336 e. The minimum atomic E-state index is -1.37. The zero-order chi connectivity index (χ0) is 20.7. The van der Waals surface area contributed by atoms with E-state index in [1.54, 1.807) is 32.0 Å². The first-order valence-electron chi connectivity index (χ1n) is 8.73. The van der Waals surface area contributed by atoms with Crippen LogP contribution in [-0.4, -0.2) is 37.0 Å². The molecule has 28 heavy (non-hydrogen) atoms. The third-order valence-corrected chi connectivity index (χ3v) is 4.19. The average molecular weight is 389 g/mol. The fraction of sp³-hybridized carbons (Fsp3) is 0.368. The molecule has 9 heteroatoms. The number of amides is 2. The number of benzene rings is 1. The van der Waals surface area contributed by atoms with E-state index in [4.69, 9.17) is 9.15 Å². The summed E-state index contributed by atoms with van der Waals surface area (Å²) in [6.45, 7) is 2.71. The average Bonchev–Trinajstić information content (AvgIpc) is 2.67. The first kappa shape index (κ1) is 20.9. The third kappa shape index (κ3) is 5.83. The summed E-state index contributed by atoms with van der Waals surface area (Å²) in [5.74, 6) is -2.58. The molecule has 0 spiro atoms. The number of carboxylic acids is 1. The van der Waals surface area contributed by atoms with E-state index in [1.165, 1.54) is 12.1 Å². The standard InChI is InChI=1S/C19H22N2O7/c1-3-11(2)18(19(25)26)21-15(22)9-20-16(23)10-27-13-6-4-12-5-7-17(24)28-14(12)8-13/h4-8,11,18H,3,9-10H2,1-2H3,(H,20,23)(H,21,22)(H,25,26)/p-1/t11-,18-/m0/s1. The molecule has 2 atom stereocenters. The van der Waals surface area contributed by atoms with Crippen molar-refractivity contribution in [3.8, 4) is 5.75 Å². The molecule has 2 amide bonds. The molecule has 1 aromatic heterocycles. The quantitative estimate of drug-likeness (QED) is 0.555. The van der Waals surface area contributed by atoms with Crippen LogP contribution in [0.1, 0.15) is 20.3 Å². The fourth-order valence-electron chi connectivity index (χ4n) is 2.40. The van der Waals surface area contributed by atoms with Crippen molar-refractivity contribution in [1.82, 2.24) is 10.6 Å². The highest BCUT2D eigenvalue weighted by Gasteiger charge is 2.19. The van der Waals surface area contributed by atoms with E-state index in [9.17, 15) is 24.3 Å². The number of aliphatic carboxylic acids is 1. The Balaban J connectivity index is 1.83. The van der Waals surface area contributed by atoms with Gasteiger partial charge in [0.05, 0.1) is 18.6 Å². The summed E-state index contributed by atoms with van der Waals surface area (Å²) in [5, 5.41) is 16.5. The Morgan fingerprint density at radius 2 is 1.89 bits per heavy atom. The van der Waals surface area contributed by atoms with Crippen LogP contribution in [-0.2, 0) is 14.4 Å². The largest absolute Gasteiger partial charge is 0.548 e. The Kier molecular flexibility index (Phi) is 7.14. The van der Waals surface area contributed by atoms with Gasteiger partial charge in [0.1, 0.15) is 11.3 Å². The molecule has 2 aromatic rings. The maximum absolute atomic E-state index is 11.8. The van der Waals surface area contributed by atoms with E-state index in [-0.39, 0.29) is 12.5 Å². The number of hydrogen-bond donors (Lipinski definition) is 2. The number of ether oxygens (including phenoxy) is 1. The van der Waals surface area contributed by atoms with E-state index in [2.05, 4.69) is 10.6 Å². The zero-order valence-corrected chi connectivity index (χ0v) is 15.5. The lowest BCUT2D eigenvalue weighted by molar-refractivity contribution is -0.309. The molecule has 2 N–H and O–H groups in total. The number of hydrogen-bond acceptors (Lipinski definition) is 7. The Hall–Kier alpha value is -3.36. The Morgan fingerprint density at radius 1 is 1.18 bits per heavy atom. The van der Waals surface area contributed by atoms with Crippen LogP contribution in [0.3, 0.4) is 0 Å². The minimum Gasteiger partial charge on any atom is -0.548 e. The Labute approximate surface area is 160 Å². The molecule has 150 valence electrons. The minimum absolute atomic E-state index is 0.305. The highest BCUT2D eigenvalue weighted by Crippen LogP contribution is 2.19. The monoisotopic (exact) mass is 389 g/mol. The van der Waals surface area contributed by atoms with Gasteiger partial charge in [0.2, 0.25) is 5.91 Å². The van der Waals surface area contributed by atoms with Crippen LogP contribution >= 0.6 is 0 Å². The molecule has 2 rings (SSSR count). The van der Waals surface area contributed by atoms with Crippen LogP contribution in [0.25, 0.3) is 11.0 Å². The second-order valence-electron chi connectivity index (χ2n) is 6.27. The van der Waals surface area contributed by atoms with Crippen LogP contribution in [0.4, 0.5) is 0 Å². The van der Waals surface area contributed by atoms with Gasteiger partial charge in [0.15, 0.2) is 6.61 Å². The maximum Gasteiger partial charge on any atom is 0.336 e. The first-order chi connectivity index (χ1) is 13.3. The molecule has 0 saturated heterocycles. The summed E-state index contributed by atoms with van der Waals surface area (Å²) >= 11 is 0. The van der Waals surface area contributed by atoms with Crippen LogP contribution in [0.2, 0.25) is 0 Å². The van der Waals surface area contributed by atoms with Crippen molar-refractivity contribution in [3.05, 3.63) is 40.8 Å². The second-order valence-corrected chi connectivity index (χ2v) is 6.27. The number of carbonyl (C=O) groups is 3. The van der Waals surface area contributed by atoms with Crippen molar-refractivity contribution in [2.45, 2.75) is 26.3 Å². The van der Waals surface area contributed by atoms with E-state index in [0.29, 0.717) is 23.1 Å². The highest BCUT2D eigenvalue weighted by atomic mass is 16.5. The van der Waals surface area contributed by atoms with Crippen molar-refractivity contribution in [2.75, 3.05) is 13.2 Å². The molecule has 0 aliphatic heterocycles. The van der Waals surface area contributed by atoms with E-state index in [1.807, 2.05) is 0 Å². The van der Waals surface area contributed by atoms with Crippen molar-refractivity contribution in [3.63, 3.8) is 0 Å². The van der Waals surface area contributed by atoms with Crippen LogP contribution < -0.4 is 26.1 Å². The zero-order valence-electron chi connectivity index (χ0n) is 15.5. The summed E-state index contributed by atoms with van der Waals surface area (Å²) in [6, 6.07) is 6.54. The molecule has 0 aliphatic carbocycles. The summed E-state index contributed by atoms with van der Waals surface area (Å²) in [6.07, 6.45) is 0.547. The number of carbonyl (C=O) groups excluding carboxylic acids is 3. The van der Waals surface area contributed by atoms with Gasteiger partial charge < -0.3 is 29.7 Å². The highest BCUT2D eigenvalue weighted by molar-refractivity contribution is 5.88. The van der Waals surface area contributed by atoms with Crippen molar-refractivity contribution >= 4 is 28.8 Å². The van der Waals surface area contributed by atoms with Gasteiger partial charge in [-0.2, -0.15) is 0 Å². The second kappa shape index (κ2) is 9.54. The van der Waals surface area contributed by atoms with E-state index >= 15 is 0 Å². The lowest BCUT2D eigenvalue weighted by atomic mass is 9.99. The van der Waals surface area contributed by atoms with Crippen LogP contribution in [0, 0.1) is 5.92 Å². The summed E-state index contributed by atoms with van der Waals surface area (Å²) in [7, 11) is 0. The molecule has 0 radical (unpaired) electrons. The summed E-state index contributed by atoms with van der Waals surface area (Å²) in [5.41, 5.74) is -0.177. The van der Waals surface area contributed by atoms with Gasteiger partial charge in [-0.1, -0.05) is 20.3 Å². The molecule has 0 unspecified atom stereocenters. The molecule has 0 aliphatic rings. The number of fused-ring (bicyclic) bond motifs is 1. The van der Waals surface area contributed by atoms with Gasteiger partial charge in [-0.25, -0.2) is 4.79 Å². The van der Waals surface area contributed by atoms with E-state index in [0.717, 1.165) is 0 Å². The lowest BCUT2D eigenvalue weighted by Gasteiger charge is -2.25. The van der Waals surface area contributed by atoms with Crippen molar-refractivity contribution < 1.29 is 28.6 Å². The van der Waals surface area contributed by atoms with Gasteiger partial charge in [0, 0.05) is 17.5 Å². The van der Waals surface area contributed by atoms with Crippen LogP contribution in [0.5, 0.6) is 5.75 Å². The van der Waals surface area contributed by atoms with E-state index < -0.39 is 36.0 Å². The molecule has 0 fully saturated rings. The predicted octanol–water partition coefficient (Wildman–Crippen LogP) is -0.431. The summed E-state index contributed by atoms with van der Waals surface area (Å²) in [4.78, 5) is 46.0. The Bertz CT molecular complexity index is 922. The molecular weight excluding hydrogens is 368 g/mol. The van der Waals surface area contributed by atoms with Gasteiger partial charge >= 0.3 is 5.63 Å². The number of rotatable bonds is 9. The Morgan fingerprint density at radius 3 is 2.57 bits per heavy atom. The van der Waals surface area contributed by atoms with Crippen molar-refractivity contribution in [2.24, 2.45) is 5.92 Å². The van der Waals surface area contributed by atoms with Gasteiger partial charge in [-0.3, -0.25) is 9.59 Å². The maximum atomic E-state index is 11.8. The van der Waals surface area contributed by atoms with Crippen molar-refractivity contribution in [1.29, 1.82) is 0 Å². The van der Waals surface area contributed by atoms with Gasteiger partial charge in [0.25, 0.3) is 5.91 Å². The third-order valence-electron chi connectivity index (χ3n) is 4.19. The van der Waals surface area contributed by atoms with Crippen LogP contribution in [0.15, 0.2) is 39.5 Å².